The van der Waals surface area contributed by atoms with E-state index in [4.69, 9.17) is 0 Å². The van der Waals surface area contributed by atoms with Crippen LogP contribution < -0.4 is 0 Å². The van der Waals surface area contributed by atoms with E-state index in [-0.39, 0.29) is 0 Å². The fourth-order valence-corrected chi connectivity index (χ4v) is 6.58. The molecule has 0 saturated carbocycles. The molecule has 168 valence electrons. The van der Waals surface area contributed by atoms with Crippen LogP contribution in [0.3, 0.4) is 0 Å². The largest absolute Gasteiger partial charge is 0.0616 e. The monoisotopic (exact) mass is 448 g/mol. The molecule has 0 spiro atoms. The third-order valence-corrected chi connectivity index (χ3v) is 8.14. The molecule has 0 N–H and O–H groups in total. The van der Waals surface area contributed by atoms with Crippen LogP contribution in [0.1, 0.15) is 51.8 Å². The first-order valence-corrected chi connectivity index (χ1v) is 12.6. The lowest BCUT2D eigenvalue weighted by Gasteiger charge is -2.22. The van der Waals surface area contributed by atoms with Gasteiger partial charge in [0, 0.05) is 5.92 Å². The summed E-state index contributed by atoms with van der Waals surface area (Å²) in [6, 6.07) is 33.9. The average Bonchev–Trinajstić information content (AvgIpc) is 3.40. The lowest BCUT2D eigenvalue weighted by Crippen LogP contribution is -2.06. The zero-order valence-corrected chi connectivity index (χ0v) is 20.5. The van der Waals surface area contributed by atoms with Gasteiger partial charge in [-0.05, 0) is 93.6 Å². The maximum atomic E-state index is 2.45. The molecule has 2 aliphatic carbocycles. The molecule has 5 aromatic rings. The molecular weight excluding hydrogens is 420 g/mol. The van der Waals surface area contributed by atoms with Crippen LogP contribution in [0.4, 0.5) is 0 Å². The van der Waals surface area contributed by atoms with Crippen LogP contribution in [0, 0.1) is 13.8 Å². The van der Waals surface area contributed by atoms with E-state index in [2.05, 4.69) is 118 Å². The molecule has 0 amide bonds. The van der Waals surface area contributed by atoms with Crippen molar-refractivity contribution in [2.24, 2.45) is 0 Å². The van der Waals surface area contributed by atoms with Crippen molar-refractivity contribution >= 4 is 16.8 Å². The summed E-state index contributed by atoms with van der Waals surface area (Å²) in [5.74, 6) is 0.310. The maximum Gasteiger partial charge on any atom is 0.0311 e. The Balaban J connectivity index is 1.43. The molecule has 0 bridgehead atoms. The van der Waals surface area contributed by atoms with E-state index in [9.17, 15) is 0 Å². The Labute approximate surface area is 207 Å². The summed E-state index contributed by atoms with van der Waals surface area (Å²) >= 11 is 0. The Kier molecular flexibility index (Phi) is 4.42. The highest BCUT2D eigenvalue weighted by molar-refractivity contribution is 5.99. The molecule has 7 rings (SSSR count). The van der Waals surface area contributed by atoms with E-state index in [1.165, 1.54) is 77.5 Å². The van der Waals surface area contributed by atoms with Crippen molar-refractivity contribution in [1.29, 1.82) is 0 Å². The van der Waals surface area contributed by atoms with Crippen molar-refractivity contribution < 1.29 is 0 Å². The minimum Gasteiger partial charge on any atom is -0.0616 e. The summed E-state index contributed by atoms with van der Waals surface area (Å²) < 4.78 is 0. The Morgan fingerprint density at radius 1 is 0.657 bits per heavy atom. The van der Waals surface area contributed by atoms with E-state index in [0.717, 1.165) is 6.42 Å². The van der Waals surface area contributed by atoms with Crippen LogP contribution in [-0.4, -0.2) is 0 Å². The second-order valence-corrected chi connectivity index (χ2v) is 10.3. The molecule has 1 unspecified atom stereocenters. The normalized spacial score (nSPS) is 15.6. The molecule has 0 radical (unpaired) electrons. The fourth-order valence-electron chi connectivity index (χ4n) is 6.58. The lowest BCUT2D eigenvalue weighted by atomic mass is 9.81. The van der Waals surface area contributed by atoms with Crippen LogP contribution >= 0.6 is 0 Å². The van der Waals surface area contributed by atoms with Crippen molar-refractivity contribution in [3.8, 4) is 22.3 Å². The van der Waals surface area contributed by atoms with Gasteiger partial charge in [0.2, 0.25) is 0 Å². The number of allylic oxidation sites excluding steroid dienone is 1. The van der Waals surface area contributed by atoms with Crippen LogP contribution in [0.2, 0.25) is 0 Å². The summed E-state index contributed by atoms with van der Waals surface area (Å²) in [6.45, 7) is 6.82. The zero-order chi connectivity index (χ0) is 23.7. The van der Waals surface area contributed by atoms with Gasteiger partial charge in [-0.25, -0.2) is 0 Å². The average molecular weight is 449 g/mol. The summed E-state index contributed by atoms with van der Waals surface area (Å²) in [6.07, 6.45) is 3.48. The molecule has 0 fully saturated rings. The fraction of sp³-hybridized carbons (Fsp3) is 0.143. The quantitative estimate of drug-likeness (QED) is 0.248. The number of aryl methyl sites for hydroxylation is 2. The van der Waals surface area contributed by atoms with Crippen molar-refractivity contribution in [3.63, 3.8) is 0 Å². The Morgan fingerprint density at radius 2 is 1.43 bits per heavy atom. The molecule has 0 heterocycles. The molecule has 0 saturated heterocycles. The lowest BCUT2D eigenvalue weighted by molar-refractivity contribution is 0.940. The molecule has 35 heavy (non-hydrogen) atoms. The molecule has 5 aromatic carbocycles. The highest BCUT2D eigenvalue weighted by Gasteiger charge is 2.32. The first-order valence-electron chi connectivity index (χ1n) is 12.6. The summed E-state index contributed by atoms with van der Waals surface area (Å²) in [5.41, 5.74) is 17.0. The summed E-state index contributed by atoms with van der Waals surface area (Å²) in [4.78, 5) is 0. The number of rotatable bonds is 2. The van der Waals surface area contributed by atoms with Gasteiger partial charge in [0.05, 0.1) is 0 Å². The van der Waals surface area contributed by atoms with Gasteiger partial charge >= 0.3 is 0 Å². The Bertz CT molecular complexity index is 1690. The first kappa shape index (κ1) is 20.5. The molecule has 0 heteroatoms. The number of fused-ring (bicyclic) bond motifs is 5. The van der Waals surface area contributed by atoms with Crippen molar-refractivity contribution in [3.05, 3.63) is 136 Å². The topological polar surface area (TPSA) is 0 Å². The molecule has 1 atom stereocenters. The second kappa shape index (κ2) is 7.55. The van der Waals surface area contributed by atoms with Gasteiger partial charge in [0.25, 0.3) is 0 Å². The van der Waals surface area contributed by atoms with E-state index < -0.39 is 0 Å². The second-order valence-electron chi connectivity index (χ2n) is 10.3. The number of hydrogen-bond donors (Lipinski definition) is 0. The minimum atomic E-state index is 0.310. The zero-order valence-electron chi connectivity index (χ0n) is 20.5. The van der Waals surface area contributed by atoms with Gasteiger partial charge in [0.15, 0.2) is 0 Å². The third-order valence-electron chi connectivity index (χ3n) is 8.14. The predicted octanol–water partition coefficient (Wildman–Crippen LogP) is 9.24. The predicted molar refractivity (Wildman–Crippen MR) is 149 cm³/mol. The van der Waals surface area contributed by atoms with Crippen LogP contribution in [0.25, 0.3) is 39.1 Å². The standard InChI is InChI=1S/C35H28/c1-21-14-16-27-25(18-21)20-33-30(27)17-15-22(2)34(33)35-23(3)19-32-29(12-7-13-31(32)35)28-11-6-9-24-8-4-5-10-26(24)28/h4-19,35H,20H2,1-3H3. The summed E-state index contributed by atoms with van der Waals surface area (Å²) in [7, 11) is 0. The SMILES string of the molecule is CC1=Cc2c(-c3cccc4ccccc34)cccc2C1c1c(C)ccc2c1Cc1cc(C)ccc1-2. The summed E-state index contributed by atoms with van der Waals surface area (Å²) in [5, 5.41) is 2.61. The maximum absolute atomic E-state index is 2.45. The van der Waals surface area contributed by atoms with Gasteiger partial charge in [-0.3, -0.25) is 0 Å². The Hall–Kier alpha value is -3.90. The van der Waals surface area contributed by atoms with Crippen molar-refractivity contribution in [1.82, 2.24) is 0 Å². The van der Waals surface area contributed by atoms with Gasteiger partial charge in [-0.15, -0.1) is 0 Å². The first-order chi connectivity index (χ1) is 17.1. The van der Waals surface area contributed by atoms with E-state index in [1.807, 2.05) is 0 Å². The van der Waals surface area contributed by atoms with Gasteiger partial charge < -0.3 is 0 Å². The highest BCUT2D eigenvalue weighted by atomic mass is 14.4. The molecule has 0 aromatic heterocycles. The van der Waals surface area contributed by atoms with E-state index >= 15 is 0 Å². The van der Waals surface area contributed by atoms with Crippen LogP contribution in [0.15, 0.2) is 96.6 Å². The van der Waals surface area contributed by atoms with Crippen LogP contribution in [0.5, 0.6) is 0 Å². The van der Waals surface area contributed by atoms with E-state index in [1.54, 1.807) is 0 Å². The molecular formula is C35H28. The van der Waals surface area contributed by atoms with Gasteiger partial charge in [-0.1, -0.05) is 108 Å². The minimum absolute atomic E-state index is 0.310. The molecule has 0 aliphatic heterocycles. The van der Waals surface area contributed by atoms with Crippen molar-refractivity contribution in [2.45, 2.75) is 33.1 Å². The third kappa shape index (κ3) is 2.99. The van der Waals surface area contributed by atoms with Gasteiger partial charge in [0.1, 0.15) is 0 Å². The molecule has 2 aliphatic rings. The van der Waals surface area contributed by atoms with Gasteiger partial charge in [-0.2, -0.15) is 0 Å². The number of hydrogen-bond acceptors (Lipinski definition) is 0. The van der Waals surface area contributed by atoms with E-state index in [0.29, 0.717) is 5.92 Å². The number of benzene rings is 5. The molecule has 0 nitrogen and oxygen atoms in total. The van der Waals surface area contributed by atoms with Crippen LogP contribution in [-0.2, 0) is 6.42 Å². The Morgan fingerprint density at radius 3 is 2.34 bits per heavy atom. The van der Waals surface area contributed by atoms with Crippen molar-refractivity contribution in [2.75, 3.05) is 0 Å². The highest BCUT2D eigenvalue weighted by Crippen LogP contribution is 2.50. The smallest absolute Gasteiger partial charge is 0.0311 e.